The molecule has 26 heavy (non-hydrogen) atoms. The van der Waals surface area contributed by atoms with Gasteiger partial charge >= 0.3 is 0 Å². The van der Waals surface area contributed by atoms with Gasteiger partial charge < -0.3 is 9.47 Å². The number of unbranched alkanes of at least 4 members (excludes halogenated alkanes) is 9. The summed E-state index contributed by atoms with van der Waals surface area (Å²) in [5.41, 5.74) is 1.44. The highest BCUT2D eigenvalue weighted by atomic mass is 15.4. The van der Waals surface area contributed by atoms with Crippen LogP contribution in [0.3, 0.4) is 0 Å². The molecule has 3 heteroatoms. The Morgan fingerprint density at radius 1 is 0.808 bits per heavy atom. The molecule has 0 aliphatic carbocycles. The molecular weight excluding hydrogens is 318 g/mol. The predicted octanol–water partition coefficient (Wildman–Crippen LogP) is 5.75. The third kappa shape index (κ3) is 8.27. The lowest BCUT2D eigenvalue weighted by Crippen LogP contribution is -2.23. The van der Waals surface area contributed by atoms with Crippen LogP contribution in [0.4, 0.5) is 0 Å². The summed E-state index contributed by atoms with van der Waals surface area (Å²) < 4.78 is 2.04. The molecule has 2 rings (SSSR count). The Kier molecular flexibility index (Phi) is 10.3. The minimum atomic E-state index is 1.09. The fourth-order valence-corrected chi connectivity index (χ4v) is 3.80. The summed E-state index contributed by atoms with van der Waals surface area (Å²) in [6, 6.07) is 2.21. The Bertz CT molecular complexity index is 505. The monoisotopic (exact) mass is 357 g/mol. The molecule has 146 valence electrons. The van der Waals surface area contributed by atoms with Crippen molar-refractivity contribution >= 4 is 6.20 Å². The highest BCUT2D eigenvalue weighted by Gasteiger charge is 2.15. The van der Waals surface area contributed by atoms with Crippen molar-refractivity contribution in [2.45, 2.75) is 70.6 Å². The molecule has 0 saturated carbocycles. The van der Waals surface area contributed by atoms with Gasteiger partial charge in [-0.2, -0.15) is 0 Å². The van der Waals surface area contributed by atoms with E-state index in [-0.39, 0.29) is 0 Å². The van der Waals surface area contributed by atoms with E-state index in [9.17, 15) is 0 Å². The lowest BCUT2D eigenvalue weighted by molar-refractivity contribution is 0.282. The molecule has 0 atom stereocenters. The van der Waals surface area contributed by atoms with Gasteiger partial charge in [-0.15, -0.1) is 0 Å². The first-order valence-electron chi connectivity index (χ1n) is 10.7. The largest absolute Gasteiger partial charge is 0.364 e. The zero-order chi connectivity index (χ0) is 18.5. The van der Waals surface area contributed by atoms with Gasteiger partial charge in [0.2, 0.25) is 0 Å². The molecule has 0 unspecified atom stereocenters. The third-order valence-electron chi connectivity index (χ3n) is 5.52. The van der Waals surface area contributed by atoms with Crippen molar-refractivity contribution in [1.82, 2.24) is 14.4 Å². The molecule has 1 aromatic rings. The standard InChI is InChI=1S/C23H39N3/c1-3-24-18-16-23(21-24)15-13-11-9-7-5-6-8-10-12-14-17-26-20-19-25(4-2)22-26/h3-4,16,18,21H,1-2,5-15,17,19-20,22H2. The zero-order valence-corrected chi connectivity index (χ0v) is 16.7. The number of hydrogen-bond acceptors (Lipinski definition) is 2. The van der Waals surface area contributed by atoms with Crippen LogP contribution in [-0.4, -0.2) is 40.7 Å². The van der Waals surface area contributed by atoms with E-state index in [1.54, 1.807) is 0 Å². The van der Waals surface area contributed by atoms with E-state index in [1.807, 2.05) is 17.0 Å². The van der Waals surface area contributed by atoms with Gasteiger partial charge in [0, 0.05) is 31.7 Å². The first-order chi connectivity index (χ1) is 12.8. The molecule has 1 fully saturated rings. The van der Waals surface area contributed by atoms with Crippen molar-refractivity contribution in [3.63, 3.8) is 0 Å². The Morgan fingerprint density at radius 3 is 2.04 bits per heavy atom. The molecule has 1 aromatic heterocycles. The summed E-state index contributed by atoms with van der Waals surface area (Å²) in [7, 11) is 0. The smallest absolute Gasteiger partial charge is 0.0702 e. The van der Waals surface area contributed by atoms with Gasteiger partial charge in [0.05, 0.1) is 6.67 Å². The Labute approximate surface area is 161 Å². The number of aryl methyl sites for hydroxylation is 1. The second kappa shape index (κ2) is 12.8. The lowest BCUT2D eigenvalue weighted by Gasteiger charge is -2.15. The van der Waals surface area contributed by atoms with Crippen molar-refractivity contribution in [2.75, 3.05) is 26.3 Å². The van der Waals surface area contributed by atoms with Gasteiger partial charge in [-0.3, -0.25) is 4.90 Å². The van der Waals surface area contributed by atoms with Crippen molar-refractivity contribution < 1.29 is 0 Å². The van der Waals surface area contributed by atoms with Crippen LogP contribution in [0.25, 0.3) is 6.20 Å². The molecule has 0 bridgehead atoms. The molecule has 1 aliphatic heterocycles. The van der Waals surface area contributed by atoms with Gasteiger partial charge in [0.25, 0.3) is 0 Å². The number of nitrogens with zero attached hydrogens (tertiary/aromatic N) is 3. The maximum absolute atomic E-state index is 3.85. The molecule has 0 radical (unpaired) electrons. The number of rotatable bonds is 15. The number of aromatic nitrogens is 1. The van der Waals surface area contributed by atoms with E-state index in [0.29, 0.717) is 0 Å². The second-order valence-electron chi connectivity index (χ2n) is 7.69. The maximum Gasteiger partial charge on any atom is 0.0702 e. The van der Waals surface area contributed by atoms with E-state index in [4.69, 9.17) is 0 Å². The van der Waals surface area contributed by atoms with Crippen LogP contribution in [0.1, 0.15) is 69.8 Å². The average molecular weight is 358 g/mol. The molecule has 0 amide bonds. The van der Waals surface area contributed by atoms with Crippen LogP contribution < -0.4 is 0 Å². The van der Waals surface area contributed by atoms with Crippen LogP contribution in [-0.2, 0) is 6.42 Å². The summed E-state index contributed by atoms with van der Waals surface area (Å²) in [6.07, 6.45) is 23.3. The average Bonchev–Trinajstić information content (AvgIpc) is 3.31. The van der Waals surface area contributed by atoms with E-state index in [2.05, 4.69) is 41.4 Å². The van der Waals surface area contributed by atoms with E-state index >= 15 is 0 Å². The molecule has 3 nitrogen and oxygen atoms in total. The van der Waals surface area contributed by atoms with Crippen molar-refractivity contribution in [2.24, 2.45) is 0 Å². The molecule has 0 spiro atoms. The first-order valence-corrected chi connectivity index (χ1v) is 10.7. The lowest BCUT2D eigenvalue weighted by atomic mass is 10.0. The fourth-order valence-electron chi connectivity index (χ4n) is 3.80. The predicted molar refractivity (Wildman–Crippen MR) is 114 cm³/mol. The van der Waals surface area contributed by atoms with Crippen LogP contribution >= 0.6 is 0 Å². The van der Waals surface area contributed by atoms with Gasteiger partial charge in [-0.25, -0.2) is 0 Å². The summed E-state index contributed by atoms with van der Waals surface area (Å²) in [5, 5.41) is 0. The van der Waals surface area contributed by atoms with Gasteiger partial charge in [-0.1, -0.05) is 64.5 Å². The molecular formula is C23H39N3. The van der Waals surface area contributed by atoms with Crippen molar-refractivity contribution in [3.05, 3.63) is 43.4 Å². The van der Waals surface area contributed by atoms with Crippen LogP contribution in [0.15, 0.2) is 37.8 Å². The van der Waals surface area contributed by atoms with E-state index in [1.165, 1.54) is 89.3 Å². The van der Waals surface area contributed by atoms with Gasteiger partial charge in [0.1, 0.15) is 0 Å². The highest BCUT2D eigenvalue weighted by molar-refractivity contribution is 5.23. The normalized spacial score (nSPS) is 14.8. The maximum atomic E-state index is 3.85. The second-order valence-corrected chi connectivity index (χ2v) is 7.69. The summed E-state index contributed by atoms with van der Waals surface area (Å²) >= 11 is 0. The SMILES string of the molecule is C=CN1CCN(CCCCCCCCCCCCc2ccn(C=C)c2)C1. The molecule has 0 N–H and O–H groups in total. The summed E-state index contributed by atoms with van der Waals surface area (Å²) in [4.78, 5) is 4.85. The quantitative estimate of drug-likeness (QED) is 0.370. The van der Waals surface area contributed by atoms with Crippen LogP contribution in [0, 0.1) is 0 Å². The van der Waals surface area contributed by atoms with Crippen molar-refractivity contribution in [3.8, 4) is 0 Å². The van der Waals surface area contributed by atoms with Gasteiger partial charge in [0.15, 0.2) is 0 Å². The van der Waals surface area contributed by atoms with Crippen molar-refractivity contribution in [1.29, 1.82) is 0 Å². The minimum Gasteiger partial charge on any atom is -0.364 e. The third-order valence-corrected chi connectivity index (χ3v) is 5.52. The molecule has 1 saturated heterocycles. The van der Waals surface area contributed by atoms with Gasteiger partial charge in [-0.05, 0) is 43.6 Å². The van der Waals surface area contributed by atoms with Crippen LogP contribution in [0.2, 0.25) is 0 Å². The number of hydrogen-bond donors (Lipinski definition) is 0. The Hall–Kier alpha value is -1.48. The highest BCUT2D eigenvalue weighted by Crippen LogP contribution is 2.13. The Balaban J connectivity index is 1.31. The van der Waals surface area contributed by atoms with Crippen LogP contribution in [0.5, 0.6) is 0 Å². The molecule has 2 heterocycles. The Morgan fingerprint density at radius 2 is 1.46 bits per heavy atom. The molecule has 0 aromatic carbocycles. The van der Waals surface area contributed by atoms with E-state index in [0.717, 1.165) is 13.2 Å². The zero-order valence-electron chi connectivity index (χ0n) is 16.7. The topological polar surface area (TPSA) is 11.4 Å². The summed E-state index contributed by atoms with van der Waals surface area (Å²) in [6.45, 7) is 12.4. The minimum absolute atomic E-state index is 1.09. The van der Waals surface area contributed by atoms with E-state index < -0.39 is 0 Å². The fraction of sp³-hybridized carbons (Fsp3) is 0.652. The first kappa shape index (κ1) is 20.8. The molecule has 1 aliphatic rings. The summed E-state index contributed by atoms with van der Waals surface area (Å²) in [5.74, 6) is 0.